The van der Waals surface area contributed by atoms with Crippen molar-refractivity contribution in [2.24, 2.45) is 0 Å². The highest BCUT2D eigenvalue weighted by molar-refractivity contribution is 7.92. The fraction of sp³-hybridized carbons (Fsp3) is 0.231. The van der Waals surface area contributed by atoms with E-state index in [0.717, 1.165) is 29.8 Å². The van der Waals surface area contributed by atoms with Crippen molar-refractivity contribution in [2.45, 2.75) is 17.9 Å². The summed E-state index contributed by atoms with van der Waals surface area (Å²) in [5.74, 6) is 6.70. The quantitative estimate of drug-likeness (QED) is 0.592. The average molecular weight is 448 g/mol. The van der Waals surface area contributed by atoms with Gasteiger partial charge in [-0.2, -0.15) is 0 Å². The number of anilines is 1. The van der Waals surface area contributed by atoms with E-state index in [4.69, 9.17) is 4.74 Å². The van der Waals surface area contributed by atoms with Crippen LogP contribution in [0.25, 0.3) is 0 Å². The zero-order valence-electron chi connectivity index (χ0n) is 18.0. The Hall–Kier alpha value is -3.11. The third-order valence-electron chi connectivity index (χ3n) is 5.53. The summed E-state index contributed by atoms with van der Waals surface area (Å²) in [6.45, 7) is 4.88. The molecule has 0 radical (unpaired) electrons. The summed E-state index contributed by atoms with van der Waals surface area (Å²) in [7, 11) is -3.72. The van der Waals surface area contributed by atoms with Crippen LogP contribution in [-0.4, -0.2) is 34.7 Å². The molecule has 0 bridgehead atoms. The van der Waals surface area contributed by atoms with Gasteiger partial charge in [0.05, 0.1) is 23.8 Å². The second kappa shape index (κ2) is 10.0. The predicted molar refractivity (Wildman–Crippen MR) is 126 cm³/mol. The van der Waals surface area contributed by atoms with Crippen LogP contribution in [-0.2, 0) is 14.8 Å². The normalized spacial score (nSPS) is 15.4. The molecule has 1 aliphatic heterocycles. The van der Waals surface area contributed by atoms with Gasteiger partial charge >= 0.3 is 0 Å². The number of para-hydroxylation sites is 1. The van der Waals surface area contributed by atoms with E-state index in [0.29, 0.717) is 18.9 Å². The van der Waals surface area contributed by atoms with Crippen LogP contribution in [0.1, 0.15) is 22.7 Å². The van der Waals surface area contributed by atoms with E-state index >= 15 is 0 Å². The van der Waals surface area contributed by atoms with Gasteiger partial charge < -0.3 is 9.64 Å². The first-order chi connectivity index (χ1) is 15.5. The van der Waals surface area contributed by atoms with Gasteiger partial charge in [0.1, 0.15) is 13.1 Å². The van der Waals surface area contributed by atoms with Crippen LogP contribution in [0.2, 0.25) is 0 Å². The summed E-state index contributed by atoms with van der Waals surface area (Å²) in [5.41, 5.74) is 3.36. The lowest BCUT2D eigenvalue weighted by atomic mass is 10.0. The molecule has 1 atom stereocenters. The highest BCUT2D eigenvalue weighted by atomic mass is 32.2. The van der Waals surface area contributed by atoms with Gasteiger partial charge in [-0.1, -0.05) is 53.9 Å². The minimum absolute atomic E-state index is 0.184. The van der Waals surface area contributed by atoms with Crippen molar-refractivity contribution in [3.05, 3.63) is 95.6 Å². The molecule has 0 aliphatic carbocycles. The van der Waals surface area contributed by atoms with Gasteiger partial charge in [0.2, 0.25) is 0 Å². The van der Waals surface area contributed by atoms with Crippen LogP contribution < -0.4 is 9.62 Å². The molecule has 164 valence electrons. The van der Waals surface area contributed by atoms with Gasteiger partial charge in [-0.05, 0) is 49.2 Å². The van der Waals surface area contributed by atoms with E-state index in [2.05, 4.69) is 16.6 Å². The largest absolute Gasteiger partial charge is 0.370 e. The highest BCUT2D eigenvalue weighted by Crippen LogP contribution is 2.24. The van der Waals surface area contributed by atoms with E-state index in [1.165, 1.54) is 4.90 Å². The number of ether oxygens (including phenoxy) is 1. The van der Waals surface area contributed by atoms with E-state index in [9.17, 15) is 8.42 Å². The summed E-state index contributed by atoms with van der Waals surface area (Å²) < 4.78 is 34.5. The Bertz CT molecular complexity index is 1210. The predicted octanol–water partition coefficient (Wildman–Crippen LogP) is 2.80. The van der Waals surface area contributed by atoms with E-state index < -0.39 is 10.0 Å². The molecule has 2 N–H and O–H groups in total. The van der Waals surface area contributed by atoms with E-state index in [1.54, 1.807) is 30.3 Å². The lowest BCUT2D eigenvalue weighted by molar-refractivity contribution is -0.930. The van der Waals surface area contributed by atoms with Crippen molar-refractivity contribution < 1.29 is 18.1 Å². The Morgan fingerprint density at radius 1 is 0.906 bits per heavy atom. The first kappa shape index (κ1) is 22.1. The fourth-order valence-corrected chi connectivity index (χ4v) is 4.85. The van der Waals surface area contributed by atoms with Gasteiger partial charge in [-0.3, -0.25) is 4.72 Å². The minimum atomic E-state index is -3.72. The Kier molecular flexibility index (Phi) is 6.91. The lowest BCUT2D eigenvalue weighted by Crippen LogP contribution is -3.14. The second-order valence-corrected chi connectivity index (χ2v) is 9.53. The zero-order chi connectivity index (χ0) is 22.4. The molecule has 0 unspecified atom stereocenters. The number of rotatable bonds is 5. The summed E-state index contributed by atoms with van der Waals surface area (Å²) in [6.07, 6.45) is 0. The summed E-state index contributed by atoms with van der Waals surface area (Å²) in [5, 5.41) is 0. The first-order valence-electron chi connectivity index (χ1n) is 10.7. The van der Waals surface area contributed by atoms with Crippen molar-refractivity contribution in [2.75, 3.05) is 31.0 Å². The van der Waals surface area contributed by atoms with Crippen molar-refractivity contribution in [3.8, 4) is 11.8 Å². The number of morpholine rings is 1. The molecule has 6 heteroatoms. The maximum atomic E-state index is 13.1. The fourth-order valence-electron chi connectivity index (χ4n) is 3.76. The second-order valence-electron chi connectivity index (χ2n) is 7.84. The molecule has 32 heavy (non-hydrogen) atoms. The molecule has 3 aromatic rings. The van der Waals surface area contributed by atoms with Crippen LogP contribution in [0.4, 0.5) is 5.69 Å². The van der Waals surface area contributed by atoms with Crippen molar-refractivity contribution in [1.82, 2.24) is 0 Å². The molecule has 0 saturated carbocycles. The van der Waals surface area contributed by atoms with Crippen LogP contribution in [0, 0.1) is 18.8 Å². The Morgan fingerprint density at radius 3 is 2.28 bits per heavy atom. The standard InChI is InChI=1S/C26H26N2O3S/c1-21-11-14-23(15-12-21)32(29,30)27-25-10-6-5-9-24(25)26(28-17-19-31-20-18-28)16-13-22-7-3-2-4-8-22/h2-12,14-15,26-27H,17-20H2,1H3/p+1/t26-/m1/s1. The Labute approximate surface area is 190 Å². The highest BCUT2D eigenvalue weighted by Gasteiger charge is 2.28. The molecule has 0 aromatic heterocycles. The van der Waals surface area contributed by atoms with Crippen molar-refractivity contribution in [3.63, 3.8) is 0 Å². The maximum Gasteiger partial charge on any atom is 0.261 e. The van der Waals surface area contributed by atoms with Gasteiger partial charge in [0, 0.05) is 11.1 Å². The Balaban J connectivity index is 1.70. The molecule has 1 saturated heterocycles. The smallest absolute Gasteiger partial charge is 0.261 e. The molecule has 5 nitrogen and oxygen atoms in total. The van der Waals surface area contributed by atoms with Gasteiger partial charge in [0.25, 0.3) is 10.0 Å². The SMILES string of the molecule is Cc1ccc(S(=O)(=O)Nc2ccccc2[C@@H](C#Cc2ccccc2)[NH+]2CCOCC2)cc1. The molecule has 1 fully saturated rings. The van der Waals surface area contributed by atoms with E-state index in [1.807, 2.05) is 55.5 Å². The topological polar surface area (TPSA) is 59.8 Å². The van der Waals surface area contributed by atoms with Crippen molar-refractivity contribution >= 4 is 15.7 Å². The molecular formula is C26H27N2O3S+. The molecule has 3 aromatic carbocycles. The monoisotopic (exact) mass is 447 g/mol. The summed E-state index contributed by atoms with van der Waals surface area (Å²) in [6, 6.07) is 24.0. The van der Waals surface area contributed by atoms with Crippen molar-refractivity contribution in [1.29, 1.82) is 0 Å². The number of quaternary nitrogens is 1. The van der Waals surface area contributed by atoms with Gasteiger partial charge in [-0.25, -0.2) is 8.42 Å². The van der Waals surface area contributed by atoms with Crippen LogP contribution in [0.3, 0.4) is 0 Å². The molecule has 4 rings (SSSR count). The summed E-state index contributed by atoms with van der Waals surface area (Å²) in [4.78, 5) is 1.50. The number of benzene rings is 3. The summed E-state index contributed by atoms with van der Waals surface area (Å²) >= 11 is 0. The number of sulfonamides is 1. The molecule has 1 aliphatic rings. The molecule has 0 spiro atoms. The average Bonchev–Trinajstić information content (AvgIpc) is 2.82. The van der Waals surface area contributed by atoms with Gasteiger partial charge in [-0.15, -0.1) is 0 Å². The molecule has 1 heterocycles. The third kappa shape index (κ3) is 5.38. The third-order valence-corrected chi connectivity index (χ3v) is 6.91. The van der Waals surface area contributed by atoms with Crippen LogP contribution in [0.5, 0.6) is 0 Å². The van der Waals surface area contributed by atoms with Gasteiger partial charge in [0.15, 0.2) is 6.04 Å². The number of hydrogen-bond acceptors (Lipinski definition) is 3. The van der Waals surface area contributed by atoms with E-state index in [-0.39, 0.29) is 10.9 Å². The number of nitrogens with one attached hydrogen (secondary N) is 2. The van der Waals surface area contributed by atoms with Crippen LogP contribution >= 0.6 is 0 Å². The minimum Gasteiger partial charge on any atom is -0.370 e. The van der Waals surface area contributed by atoms with Crippen LogP contribution in [0.15, 0.2) is 83.8 Å². The molecular weight excluding hydrogens is 420 g/mol. The number of aryl methyl sites for hydroxylation is 1. The number of hydrogen-bond donors (Lipinski definition) is 2. The lowest BCUT2D eigenvalue weighted by Gasteiger charge is -2.29. The maximum absolute atomic E-state index is 13.1. The first-order valence-corrected chi connectivity index (χ1v) is 12.2. The Morgan fingerprint density at radius 2 is 1.56 bits per heavy atom. The molecule has 0 amide bonds. The zero-order valence-corrected chi connectivity index (χ0v) is 18.9.